The number of nitrogens with one attached hydrogen (secondary N) is 1. The number of hydrogen-bond donors (Lipinski definition) is 1. The molecule has 0 atom stereocenters. The van der Waals surface area contributed by atoms with E-state index in [1.807, 2.05) is 6.92 Å². The monoisotopic (exact) mass is 295 g/mol. The Labute approximate surface area is 120 Å². The van der Waals surface area contributed by atoms with Crippen LogP contribution < -0.4 is 5.32 Å². The van der Waals surface area contributed by atoms with Gasteiger partial charge in [-0.2, -0.15) is 0 Å². The van der Waals surface area contributed by atoms with E-state index in [1.54, 1.807) is 28.4 Å². The molecule has 19 heavy (non-hydrogen) atoms. The molecule has 6 heteroatoms. The van der Waals surface area contributed by atoms with Crippen LogP contribution >= 0.6 is 0 Å². The van der Waals surface area contributed by atoms with Crippen LogP contribution in [0.25, 0.3) is 0 Å². The van der Waals surface area contributed by atoms with Crippen molar-refractivity contribution < 1.29 is 18.3 Å². The molecule has 0 aromatic carbocycles. The van der Waals surface area contributed by atoms with Crippen molar-refractivity contribution in [1.82, 2.24) is 5.32 Å². The van der Waals surface area contributed by atoms with E-state index in [1.165, 1.54) is 6.42 Å². The second-order valence-electron chi connectivity index (χ2n) is 4.13. The zero-order chi connectivity index (χ0) is 15.1. The first-order valence-electron chi connectivity index (χ1n) is 7.00. The summed E-state index contributed by atoms with van der Waals surface area (Å²) in [5.74, 6) is -0.573. The Morgan fingerprint density at radius 1 is 0.895 bits per heavy atom. The number of hydrogen-bond acceptors (Lipinski definition) is 5. The highest BCUT2D eigenvalue weighted by atomic mass is 28.3. The molecule has 0 saturated carbocycles. The van der Waals surface area contributed by atoms with Crippen LogP contribution in [0.4, 0.5) is 0 Å². The van der Waals surface area contributed by atoms with Crippen LogP contribution in [0.1, 0.15) is 40.0 Å². The molecule has 0 aliphatic rings. The van der Waals surface area contributed by atoms with E-state index in [9.17, 15) is 0 Å². The van der Waals surface area contributed by atoms with Gasteiger partial charge >= 0.3 is 9.28 Å². The molecule has 0 bridgehead atoms. The molecule has 0 aliphatic carbocycles. The lowest BCUT2D eigenvalue weighted by Crippen LogP contribution is -2.48. The Hall–Kier alpha value is 0.0169. The fraction of sp³-hybridized carbons (Fsp3) is 1.00. The van der Waals surface area contributed by atoms with Crippen molar-refractivity contribution in [2.45, 2.75) is 52.0 Å². The van der Waals surface area contributed by atoms with Crippen LogP contribution in [0.3, 0.4) is 0 Å². The van der Waals surface area contributed by atoms with Gasteiger partial charge in [0.25, 0.3) is 0 Å². The van der Waals surface area contributed by atoms with Crippen molar-refractivity contribution in [1.29, 1.82) is 0 Å². The maximum atomic E-state index is 5.20. The Morgan fingerprint density at radius 3 is 1.63 bits per heavy atom. The lowest BCUT2D eigenvalue weighted by Gasteiger charge is -2.30. The Balaban J connectivity index is 0. The Kier molecular flexibility index (Phi) is 16.2. The molecule has 0 amide bonds. The van der Waals surface area contributed by atoms with Gasteiger partial charge in [-0.3, -0.25) is 5.32 Å². The van der Waals surface area contributed by atoms with Gasteiger partial charge in [-0.15, -0.1) is 0 Å². The summed E-state index contributed by atoms with van der Waals surface area (Å²) in [5, 5.41) is 3.19. The number of rotatable bonds is 10. The molecule has 1 N–H and O–H groups in total. The van der Waals surface area contributed by atoms with Crippen molar-refractivity contribution in [3.63, 3.8) is 0 Å². The van der Waals surface area contributed by atoms with Crippen LogP contribution in [0.15, 0.2) is 0 Å². The molecule has 0 aliphatic heterocycles. The third kappa shape index (κ3) is 10.5. The van der Waals surface area contributed by atoms with E-state index in [0.29, 0.717) is 0 Å². The van der Waals surface area contributed by atoms with Gasteiger partial charge in [-0.25, -0.2) is 0 Å². The average molecular weight is 295 g/mol. The highest BCUT2D eigenvalue weighted by Gasteiger charge is 2.25. The minimum absolute atomic E-state index is 0.573. The predicted octanol–water partition coefficient (Wildman–Crippen LogP) is 2.25. The summed E-state index contributed by atoms with van der Waals surface area (Å²) in [4.78, 5) is 0. The topological polar surface area (TPSA) is 49.0 Å². The van der Waals surface area contributed by atoms with Crippen LogP contribution in [-0.2, 0) is 18.3 Å². The molecule has 0 spiro atoms. The molecule has 5 nitrogen and oxygen atoms in total. The Morgan fingerprint density at radius 2 is 1.42 bits per heavy atom. The highest BCUT2D eigenvalue weighted by Crippen LogP contribution is 2.10. The molecule has 0 fully saturated rings. The molecule has 0 saturated heterocycles. The molecule has 0 radical (unpaired) electrons. The third-order valence-corrected chi connectivity index (χ3v) is 4.92. The second-order valence-corrected chi connectivity index (χ2v) is 6.51. The number of ether oxygens (including phenoxy) is 2. The maximum absolute atomic E-state index is 5.20. The molecule has 118 valence electrons. The van der Waals surface area contributed by atoms with Crippen LogP contribution in [0.2, 0.25) is 6.04 Å². The standard InChI is InChI=1S/C8H19NO2.C5H14O2Si/c1-5-7-9-8(6-2,10-3)11-4;1-4-5-8(6-2)7-3/h9H,5-7H2,1-4H3;8H,4-5H2,1-3H3. The smallest absolute Gasteiger partial charge is 0.320 e. The van der Waals surface area contributed by atoms with Crippen molar-refractivity contribution >= 4 is 9.28 Å². The molecular formula is C13H33NO4Si. The minimum atomic E-state index is -1.19. The summed E-state index contributed by atoms with van der Waals surface area (Å²) in [7, 11) is 5.54. The quantitative estimate of drug-likeness (QED) is 0.495. The fourth-order valence-corrected chi connectivity index (χ4v) is 2.66. The van der Waals surface area contributed by atoms with E-state index in [-0.39, 0.29) is 0 Å². The van der Waals surface area contributed by atoms with E-state index < -0.39 is 15.2 Å². The van der Waals surface area contributed by atoms with E-state index in [2.05, 4.69) is 19.2 Å². The largest absolute Gasteiger partial charge is 0.400 e. The summed E-state index contributed by atoms with van der Waals surface area (Å²) < 4.78 is 20.5. The van der Waals surface area contributed by atoms with Gasteiger partial charge in [0.1, 0.15) is 0 Å². The summed E-state index contributed by atoms with van der Waals surface area (Å²) in [6, 6.07) is 1.12. The van der Waals surface area contributed by atoms with E-state index >= 15 is 0 Å². The zero-order valence-electron chi connectivity index (χ0n) is 13.7. The predicted molar refractivity (Wildman–Crippen MR) is 81.6 cm³/mol. The van der Waals surface area contributed by atoms with Gasteiger partial charge in [-0.05, 0) is 19.0 Å². The van der Waals surface area contributed by atoms with Gasteiger partial charge in [-0.1, -0.05) is 27.2 Å². The summed E-state index contributed by atoms with van der Waals surface area (Å²) in [5.41, 5.74) is 0. The summed E-state index contributed by atoms with van der Waals surface area (Å²) in [6.45, 7) is 7.18. The van der Waals surface area contributed by atoms with Gasteiger partial charge in [0.15, 0.2) is 0 Å². The molecule has 0 rings (SSSR count). The van der Waals surface area contributed by atoms with Gasteiger partial charge in [0.05, 0.1) is 0 Å². The third-order valence-electron chi connectivity index (χ3n) is 2.82. The van der Waals surface area contributed by atoms with Gasteiger partial charge in [0, 0.05) is 34.9 Å². The Bertz CT molecular complexity index is 168. The van der Waals surface area contributed by atoms with Gasteiger partial charge in [0.2, 0.25) is 5.91 Å². The average Bonchev–Trinajstić information content (AvgIpc) is 2.47. The summed E-state index contributed by atoms with van der Waals surface area (Å²) >= 11 is 0. The van der Waals surface area contributed by atoms with Gasteiger partial charge < -0.3 is 18.3 Å². The lowest BCUT2D eigenvalue weighted by atomic mass is 10.3. The molecule has 0 heterocycles. The molecule has 0 unspecified atom stereocenters. The highest BCUT2D eigenvalue weighted by molar-refractivity contribution is 6.44. The fourth-order valence-electron chi connectivity index (χ4n) is 1.52. The summed E-state index contributed by atoms with van der Waals surface area (Å²) in [6.07, 6.45) is 3.05. The van der Waals surface area contributed by atoms with Crippen LogP contribution in [-0.4, -0.2) is 50.2 Å². The molecule has 0 aromatic heterocycles. The normalized spacial score (nSPS) is 11.4. The molecular weight excluding hydrogens is 262 g/mol. The van der Waals surface area contributed by atoms with Crippen molar-refractivity contribution in [2.24, 2.45) is 0 Å². The van der Waals surface area contributed by atoms with Crippen LogP contribution in [0.5, 0.6) is 0 Å². The zero-order valence-corrected chi connectivity index (χ0v) is 14.9. The first kappa shape index (κ1) is 21.3. The first-order valence-corrected chi connectivity index (χ1v) is 8.76. The lowest BCUT2D eigenvalue weighted by molar-refractivity contribution is -0.229. The van der Waals surface area contributed by atoms with E-state index in [0.717, 1.165) is 25.4 Å². The SMILES string of the molecule is CCCNC(CC)(OC)OC.CCC[SiH](OC)OC. The van der Waals surface area contributed by atoms with Crippen molar-refractivity contribution in [2.75, 3.05) is 35.0 Å². The van der Waals surface area contributed by atoms with Crippen LogP contribution in [0, 0.1) is 0 Å². The number of methoxy groups -OCH3 is 2. The first-order chi connectivity index (χ1) is 9.09. The maximum Gasteiger partial charge on any atom is 0.320 e. The van der Waals surface area contributed by atoms with E-state index in [4.69, 9.17) is 18.3 Å². The second kappa shape index (κ2) is 14.4. The van der Waals surface area contributed by atoms with Crippen molar-refractivity contribution in [3.05, 3.63) is 0 Å². The van der Waals surface area contributed by atoms with Crippen molar-refractivity contribution in [3.8, 4) is 0 Å². The minimum Gasteiger partial charge on any atom is -0.400 e. The molecule has 0 aromatic rings.